The van der Waals surface area contributed by atoms with E-state index in [1.165, 1.54) is 0 Å². The Hall–Kier alpha value is -2.14. The topological polar surface area (TPSA) is 58.2 Å². The van der Waals surface area contributed by atoms with E-state index in [4.69, 9.17) is 0 Å². The van der Waals surface area contributed by atoms with Crippen molar-refractivity contribution in [1.29, 1.82) is 0 Å². The van der Waals surface area contributed by atoms with Gasteiger partial charge in [0.15, 0.2) is 0 Å². The van der Waals surface area contributed by atoms with Crippen molar-refractivity contribution in [3.63, 3.8) is 0 Å². The highest BCUT2D eigenvalue weighted by atomic mass is 79.9. The number of benzene rings is 2. The van der Waals surface area contributed by atoms with Crippen LogP contribution < -0.4 is 10.6 Å². The SMILES string of the molecule is Cc1cccc(NC(=O)C(=O)Nc2ccc(Br)cc2)c1C. The van der Waals surface area contributed by atoms with Crippen LogP contribution >= 0.6 is 15.9 Å². The predicted molar refractivity (Wildman–Crippen MR) is 87.3 cm³/mol. The second-order valence-corrected chi connectivity index (χ2v) is 5.58. The molecule has 2 aromatic carbocycles. The molecular formula is C16H15BrN2O2. The van der Waals surface area contributed by atoms with Crippen LogP contribution in [0.2, 0.25) is 0 Å². The maximum Gasteiger partial charge on any atom is 0.314 e. The first-order valence-electron chi connectivity index (χ1n) is 6.41. The first kappa shape index (κ1) is 15.3. The fourth-order valence-corrected chi connectivity index (χ4v) is 2.05. The molecule has 0 radical (unpaired) electrons. The number of anilines is 2. The third-order valence-corrected chi connectivity index (χ3v) is 3.69. The lowest BCUT2D eigenvalue weighted by molar-refractivity contribution is -0.133. The minimum absolute atomic E-state index is 0.569. The molecule has 108 valence electrons. The molecule has 2 N–H and O–H groups in total. The first-order chi connectivity index (χ1) is 9.97. The molecule has 0 aliphatic heterocycles. The largest absolute Gasteiger partial charge is 0.318 e. The highest BCUT2D eigenvalue weighted by Gasteiger charge is 2.15. The second kappa shape index (κ2) is 6.54. The summed E-state index contributed by atoms with van der Waals surface area (Å²) in [6, 6.07) is 12.6. The van der Waals surface area contributed by atoms with Crippen LogP contribution in [0.5, 0.6) is 0 Å². The van der Waals surface area contributed by atoms with Crippen LogP contribution in [0.1, 0.15) is 11.1 Å². The number of carbonyl (C=O) groups excluding carboxylic acids is 2. The number of nitrogens with one attached hydrogen (secondary N) is 2. The van der Waals surface area contributed by atoms with Gasteiger partial charge >= 0.3 is 11.8 Å². The Balaban J connectivity index is 2.04. The summed E-state index contributed by atoms with van der Waals surface area (Å²) in [4.78, 5) is 23.8. The fraction of sp³-hybridized carbons (Fsp3) is 0.125. The highest BCUT2D eigenvalue weighted by molar-refractivity contribution is 9.10. The van der Waals surface area contributed by atoms with Gasteiger partial charge in [0.2, 0.25) is 0 Å². The zero-order valence-corrected chi connectivity index (χ0v) is 13.3. The van der Waals surface area contributed by atoms with Gasteiger partial charge in [-0.15, -0.1) is 0 Å². The molecule has 0 aromatic heterocycles. The van der Waals surface area contributed by atoms with E-state index in [1.54, 1.807) is 30.3 Å². The van der Waals surface area contributed by atoms with Gasteiger partial charge in [-0.25, -0.2) is 0 Å². The van der Waals surface area contributed by atoms with Crippen molar-refractivity contribution < 1.29 is 9.59 Å². The molecule has 0 bridgehead atoms. The van der Waals surface area contributed by atoms with Crippen molar-refractivity contribution in [2.45, 2.75) is 13.8 Å². The molecule has 0 saturated carbocycles. The molecule has 0 unspecified atom stereocenters. The van der Waals surface area contributed by atoms with Gasteiger partial charge in [-0.05, 0) is 55.3 Å². The Bertz CT molecular complexity index is 681. The summed E-state index contributed by atoms with van der Waals surface area (Å²) in [7, 11) is 0. The van der Waals surface area contributed by atoms with Crippen molar-refractivity contribution in [2.75, 3.05) is 10.6 Å². The van der Waals surface area contributed by atoms with E-state index in [1.807, 2.05) is 26.0 Å². The minimum Gasteiger partial charge on any atom is -0.318 e. The first-order valence-corrected chi connectivity index (χ1v) is 7.21. The van der Waals surface area contributed by atoms with Gasteiger partial charge in [-0.3, -0.25) is 9.59 Å². The Morgan fingerprint density at radius 3 is 2.19 bits per heavy atom. The van der Waals surface area contributed by atoms with Crippen molar-refractivity contribution in [2.24, 2.45) is 0 Å². The molecule has 4 nitrogen and oxygen atoms in total. The number of amides is 2. The van der Waals surface area contributed by atoms with Crippen molar-refractivity contribution >= 4 is 39.1 Å². The van der Waals surface area contributed by atoms with E-state index in [0.717, 1.165) is 15.6 Å². The number of rotatable bonds is 2. The molecule has 0 aliphatic rings. The van der Waals surface area contributed by atoms with E-state index >= 15 is 0 Å². The molecule has 2 aromatic rings. The Morgan fingerprint density at radius 1 is 0.905 bits per heavy atom. The summed E-state index contributed by atoms with van der Waals surface area (Å²) in [6.07, 6.45) is 0. The fourth-order valence-electron chi connectivity index (χ4n) is 1.79. The van der Waals surface area contributed by atoms with E-state index in [0.29, 0.717) is 11.4 Å². The molecule has 5 heteroatoms. The number of hydrogen-bond donors (Lipinski definition) is 2. The summed E-state index contributed by atoms with van der Waals surface area (Å²) in [5.74, 6) is -1.38. The van der Waals surface area contributed by atoms with E-state index in [2.05, 4.69) is 26.6 Å². The zero-order chi connectivity index (χ0) is 15.4. The molecule has 2 amide bonds. The summed E-state index contributed by atoms with van der Waals surface area (Å²) >= 11 is 3.31. The average Bonchev–Trinajstić information content (AvgIpc) is 2.46. The second-order valence-electron chi connectivity index (χ2n) is 4.66. The number of halogens is 1. The summed E-state index contributed by atoms with van der Waals surface area (Å²) in [5.41, 5.74) is 3.22. The van der Waals surface area contributed by atoms with E-state index in [-0.39, 0.29) is 0 Å². The van der Waals surface area contributed by atoms with Gasteiger partial charge in [0.1, 0.15) is 0 Å². The van der Waals surface area contributed by atoms with Gasteiger partial charge in [0.05, 0.1) is 0 Å². The molecular weight excluding hydrogens is 332 g/mol. The molecule has 0 fully saturated rings. The Labute approximate surface area is 131 Å². The molecule has 2 rings (SSSR count). The monoisotopic (exact) mass is 346 g/mol. The minimum atomic E-state index is -0.696. The van der Waals surface area contributed by atoms with E-state index in [9.17, 15) is 9.59 Å². The normalized spacial score (nSPS) is 10.0. The van der Waals surface area contributed by atoms with Gasteiger partial charge < -0.3 is 10.6 Å². The Kier molecular flexibility index (Phi) is 4.75. The molecule has 0 saturated heterocycles. The highest BCUT2D eigenvalue weighted by Crippen LogP contribution is 2.18. The molecule has 0 aliphatic carbocycles. The van der Waals surface area contributed by atoms with Crippen molar-refractivity contribution in [3.05, 3.63) is 58.1 Å². The zero-order valence-electron chi connectivity index (χ0n) is 11.7. The third kappa shape index (κ3) is 3.92. The number of aryl methyl sites for hydroxylation is 1. The van der Waals surface area contributed by atoms with Crippen LogP contribution in [0.15, 0.2) is 46.9 Å². The number of hydrogen-bond acceptors (Lipinski definition) is 2. The lowest BCUT2D eigenvalue weighted by Gasteiger charge is -2.10. The summed E-state index contributed by atoms with van der Waals surface area (Å²) < 4.78 is 0.903. The third-order valence-electron chi connectivity index (χ3n) is 3.16. The molecule has 0 spiro atoms. The summed E-state index contributed by atoms with van der Waals surface area (Å²) in [6.45, 7) is 3.85. The average molecular weight is 347 g/mol. The number of carbonyl (C=O) groups is 2. The van der Waals surface area contributed by atoms with Crippen LogP contribution in [0.4, 0.5) is 11.4 Å². The van der Waals surface area contributed by atoms with Crippen LogP contribution in [0.25, 0.3) is 0 Å². The molecule has 0 atom stereocenters. The maximum absolute atomic E-state index is 11.9. The lowest BCUT2D eigenvalue weighted by atomic mass is 10.1. The Morgan fingerprint density at radius 2 is 1.52 bits per heavy atom. The van der Waals surface area contributed by atoms with Crippen LogP contribution in [0, 0.1) is 13.8 Å². The standard InChI is InChI=1S/C16H15BrN2O2/c1-10-4-3-5-14(11(10)2)19-16(21)15(20)18-13-8-6-12(17)7-9-13/h3-9H,1-2H3,(H,18,20)(H,19,21). The maximum atomic E-state index is 11.9. The summed E-state index contributed by atoms with van der Waals surface area (Å²) in [5, 5.41) is 5.17. The van der Waals surface area contributed by atoms with Gasteiger partial charge in [-0.1, -0.05) is 28.1 Å². The van der Waals surface area contributed by atoms with E-state index < -0.39 is 11.8 Å². The van der Waals surface area contributed by atoms with Crippen LogP contribution in [0.3, 0.4) is 0 Å². The molecule has 0 heterocycles. The molecule has 21 heavy (non-hydrogen) atoms. The predicted octanol–water partition coefficient (Wildman–Crippen LogP) is 3.64. The van der Waals surface area contributed by atoms with Gasteiger partial charge in [-0.2, -0.15) is 0 Å². The van der Waals surface area contributed by atoms with Gasteiger partial charge in [0, 0.05) is 15.8 Å². The quantitative estimate of drug-likeness (QED) is 0.815. The van der Waals surface area contributed by atoms with Crippen LogP contribution in [-0.4, -0.2) is 11.8 Å². The lowest BCUT2D eigenvalue weighted by Crippen LogP contribution is -2.29. The van der Waals surface area contributed by atoms with Gasteiger partial charge in [0.25, 0.3) is 0 Å². The van der Waals surface area contributed by atoms with Crippen molar-refractivity contribution in [3.8, 4) is 0 Å². The van der Waals surface area contributed by atoms with Crippen LogP contribution in [-0.2, 0) is 9.59 Å². The van der Waals surface area contributed by atoms with Crippen molar-refractivity contribution in [1.82, 2.24) is 0 Å². The smallest absolute Gasteiger partial charge is 0.314 e.